The molecule has 0 aliphatic carbocycles. The summed E-state index contributed by atoms with van der Waals surface area (Å²) in [6.45, 7) is 0.936. The molecule has 0 unspecified atom stereocenters. The van der Waals surface area contributed by atoms with E-state index in [2.05, 4.69) is 10.6 Å². The molecule has 128 valence electrons. The van der Waals surface area contributed by atoms with Gasteiger partial charge in [-0.1, -0.05) is 30.3 Å². The number of rotatable bonds is 6. The Kier molecular flexibility index (Phi) is 4.94. The summed E-state index contributed by atoms with van der Waals surface area (Å²) in [5.41, 5.74) is 1.85. The van der Waals surface area contributed by atoms with Crippen LogP contribution in [0.3, 0.4) is 0 Å². The number of ether oxygens (including phenoxy) is 1. The Morgan fingerprint density at radius 2 is 1.88 bits per heavy atom. The average molecular weight is 339 g/mol. The fraction of sp³-hybridized carbons (Fsp3) is 0.167. The second kappa shape index (κ2) is 7.48. The van der Waals surface area contributed by atoms with Crippen molar-refractivity contribution in [2.24, 2.45) is 0 Å². The number of fused-ring (bicyclic) bond motifs is 1. The van der Waals surface area contributed by atoms with Gasteiger partial charge in [-0.2, -0.15) is 0 Å². The molecule has 0 bridgehead atoms. The van der Waals surface area contributed by atoms with E-state index in [-0.39, 0.29) is 18.2 Å². The van der Waals surface area contributed by atoms with Gasteiger partial charge in [-0.05, 0) is 18.2 Å². The maximum atomic E-state index is 12.2. The zero-order valence-electron chi connectivity index (χ0n) is 13.4. The summed E-state index contributed by atoms with van der Waals surface area (Å²) < 4.78 is 5.56. The van der Waals surface area contributed by atoms with Crippen molar-refractivity contribution in [2.45, 2.75) is 0 Å². The van der Waals surface area contributed by atoms with Crippen LogP contribution in [0.15, 0.2) is 54.1 Å². The quantitative estimate of drug-likeness (QED) is 0.479. The van der Waals surface area contributed by atoms with E-state index in [0.29, 0.717) is 24.4 Å². The molecule has 2 aromatic rings. The molecule has 0 saturated heterocycles. The number of nitro groups is 1. The Labute approximate surface area is 144 Å². The Morgan fingerprint density at radius 1 is 1.12 bits per heavy atom. The van der Waals surface area contributed by atoms with Gasteiger partial charge < -0.3 is 15.4 Å². The molecule has 0 saturated carbocycles. The van der Waals surface area contributed by atoms with E-state index in [1.165, 1.54) is 6.07 Å². The summed E-state index contributed by atoms with van der Waals surface area (Å²) in [7, 11) is 0. The van der Waals surface area contributed by atoms with Gasteiger partial charge in [0.1, 0.15) is 18.0 Å². The fourth-order valence-electron chi connectivity index (χ4n) is 2.52. The van der Waals surface area contributed by atoms with Crippen LogP contribution in [0.5, 0.6) is 5.75 Å². The minimum Gasteiger partial charge on any atom is -0.488 e. The molecule has 1 aliphatic heterocycles. The number of carbonyl (C=O) groups excluding carboxylic acids is 1. The van der Waals surface area contributed by atoms with Gasteiger partial charge in [0, 0.05) is 24.7 Å². The Hall–Kier alpha value is -3.35. The van der Waals surface area contributed by atoms with Gasteiger partial charge >= 0.3 is 0 Å². The molecule has 0 radical (unpaired) electrons. The zero-order valence-corrected chi connectivity index (χ0v) is 13.4. The number of carbonyl (C=O) groups is 1. The lowest BCUT2D eigenvalue weighted by atomic mass is 10.1. The van der Waals surface area contributed by atoms with Crippen LogP contribution in [0.2, 0.25) is 0 Å². The van der Waals surface area contributed by atoms with E-state index in [4.69, 9.17) is 4.74 Å². The number of benzene rings is 2. The highest BCUT2D eigenvalue weighted by Gasteiger charge is 2.16. The van der Waals surface area contributed by atoms with Gasteiger partial charge in [0.05, 0.1) is 10.5 Å². The maximum Gasteiger partial charge on any atom is 0.292 e. The van der Waals surface area contributed by atoms with Crippen LogP contribution >= 0.6 is 0 Å². The van der Waals surface area contributed by atoms with Crippen molar-refractivity contribution in [3.63, 3.8) is 0 Å². The maximum absolute atomic E-state index is 12.2. The number of hydrogen-bond acceptors (Lipinski definition) is 5. The minimum atomic E-state index is -0.442. The number of nitro benzene ring substituents is 1. The van der Waals surface area contributed by atoms with Crippen molar-refractivity contribution in [3.8, 4) is 5.75 Å². The number of para-hydroxylation sites is 3. The number of amides is 1. The van der Waals surface area contributed by atoms with Crippen molar-refractivity contribution < 1.29 is 14.5 Å². The lowest BCUT2D eigenvalue weighted by molar-refractivity contribution is -0.384. The molecule has 7 heteroatoms. The molecule has 0 atom stereocenters. The first kappa shape index (κ1) is 16.5. The summed E-state index contributed by atoms with van der Waals surface area (Å²) >= 11 is 0. The summed E-state index contributed by atoms with van der Waals surface area (Å²) in [5, 5.41) is 16.7. The smallest absolute Gasteiger partial charge is 0.292 e. The van der Waals surface area contributed by atoms with Crippen LogP contribution in [0.4, 0.5) is 11.4 Å². The van der Waals surface area contributed by atoms with Crippen LogP contribution in [0.1, 0.15) is 5.56 Å². The van der Waals surface area contributed by atoms with Gasteiger partial charge in [-0.15, -0.1) is 0 Å². The van der Waals surface area contributed by atoms with Gasteiger partial charge in [-0.25, -0.2) is 0 Å². The van der Waals surface area contributed by atoms with Crippen LogP contribution in [-0.2, 0) is 4.79 Å². The molecule has 0 fully saturated rings. The summed E-state index contributed by atoms with van der Waals surface area (Å²) in [4.78, 5) is 22.7. The molecule has 25 heavy (non-hydrogen) atoms. The second-order valence-corrected chi connectivity index (χ2v) is 5.45. The van der Waals surface area contributed by atoms with Crippen molar-refractivity contribution in [1.82, 2.24) is 5.32 Å². The average Bonchev–Trinajstić information content (AvgIpc) is 2.64. The van der Waals surface area contributed by atoms with Gasteiger partial charge in [0.2, 0.25) is 0 Å². The second-order valence-electron chi connectivity index (χ2n) is 5.45. The predicted octanol–water partition coefficient (Wildman–Crippen LogP) is 2.60. The molecule has 7 nitrogen and oxygen atoms in total. The third kappa shape index (κ3) is 3.95. The lowest BCUT2D eigenvalue weighted by Gasteiger charge is -2.17. The third-order valence-electron chi connectivity index (χ3n) is 3.75. The van der Waals surface area contributed by atoms with Crippen molar-refractivity contribution >= 4 is 23.4 Å². The molecule has 1 amide bonds. The Morgan fingerprint density at radius 3 is 2.72 bits per heavy atom. The van der Waals surface area contributed by atoms with Crippen LogP contribution in [0.25, 0.3) is 6.08 Å². The first-order chi connectivity index (χ1) is 12.1. The molecule has 0 aromatic heterocycles. The minimum absolute atomic E-state index is 0.00817. The van der Waals surface area contributed by atoms with Crippen molar-refractivity contribution in [2.75, 3.05) is 25.0 Å². The van der Waals surface area contributed by atoms with Crippen LogP contribution < -0.4 is 15.4 Å². The van der Waals surface area contributed by atoms with E-state index in [9.17, 15) is 14.9 Å². The van der Waals surface area contributed by atoms with Crippen LogP contribution in [0, 0.1) is 10.1 Å². The first-order valence-corrected chi connectivity index (χ1v) is 7.83. The van der Waals surface area contributed by atoms with Crippen molar-refractivity contribution in [1.29, 1.82) is 0 Å². The molecule has 0 spiro atoms. The third-order valence-corrected chi connectivity index (χ3v) is 3.75. The summed E-state index contributed by atoms with van der Waals surface area (Å²) in [6, 6.07) is 13.9. The zero-order chi connectivity index (χ0) is 17.6. The summed E-state index contributed by atoms with van der Waals surface area (Å²) in [6.07, 6.45) is 1.81. The SMILES string of the molecule is O=C(NCCNc1ccccc1[N+](=O)[O-])C1=Cc2ccccc2OC1. The topological polar surface area (TPSA) is 93.5 Å². The number of nitrogens with zero attached hydrogens (tertiary/aromatic N) is 1. The standard InChI is InChI=1S/C18H17N3O4/c22-18(14-11-13-5-1-4-8-17(13)25-12-14)20-10-9-19-15-6-2-3-7-16(15)21(23)24/h1-8,11,19H,9-10,12H2,(H,20,22). The Balaban J connectivity index is 1.53. The van der Waals surface area contributed by atoms with Gasteiger partial charge in [0.25, 0.3) is 11.6 Å². The van der Waals surface area contributed by atoms with Gasteiger partial charge in [-0.3, -0.25) is 14.9 Å². The van der Waals surface area contributed by atoms with E-state index >= 15 is 0 Å². The molecular weight excluding hydrogens is 322 g/mol. The molecule has 3 rings (SSSR count). The number of nitrogens with one attached hydrogen (secondary N) is 2. The molecule has 1 heterocycles. The lowest BCUT2D eigenvalue weighted by Crippen LogP contribution is -2.32. The molecule has 1 aliphatic rings. The highest BCUT2D eigenvalue weighted by Crippen LogP contribution is 2.25. The molecule has 2 aromatic carbocycles. The molecular formula is C18H17N3O4. The summed E-state index contributed by atoms with van der Waals surface area (Å²) in [5.74, 6) is 0.552. The van der Waals surface area contributed by atoms with E-state index in [1.54, 1.807) is 18.2 Å². The van der Waals surface area contributed by atoms with Crippen LogP contribution in [-0.4, -0.2) is 30.5 Å². The predicted molar refractivity (Wildman–Crippen MR) is 94.5 cm³/mol. The first-order valence-electron chi connectivity index (χ1n) is 7.83. The van der Waals surface area contributed by atoms with E-state index in [1.807, 2.05) is 30.3 Å². The molecule has 2 N–H and O–H groups in total. The van der Waals surface area contributed by atoms with E-state index < -0.39 is 4.92 Å². The highest BCUT2D eigenvalue weighted by atomic mass is 16.6. The van der Waals surface area contributed by atoms with Crippen molar-refractivity contribution in [3.05, 3.63) is 69.8 Å². The largest absolute Gasteiger partial charge is 0.488 e. The fourth-order valence-corrected chi connectivity index (χ4v) is 2.52. The normalized spacial score (nSPS) is 12.4. The van der Waals surface area contributed by atoms with E-state index in [0.717, 1.165) is 11.3 Å². The number of hydrogen-bond donors (Lipinski definition) is 2. The Bertz CT molecular complexity index is 833. The number of anilines is 1. The highest BCUT2D eigenvalue weighted by molar-refractivity contribution is 5.99. The monoisotopic (exact) mass is 339 g/mol. The van der Waals surface area contributed by atoms with Gasteiger partial charge in [0.15, 0.2) is 0 Å².